The highest BCUT2D eigenvalue weighted by atomic mass is 16.5. The molecule has 3 aromatic carbocycles. The van der Waals surface area contributed by atoms with Crippen LogP contribution in [0.3, 0.4) is 0 Å². The van der Waals surface area contributed by atoms with E-state index in [1.54, 1.807) is 32.3 Å². The molecule has 0 aliphatic carbocycles. The number of unbranched alkanes of at least 4 members (excludes halogenated alkanes) is 1. The van der Waals surface area contributed by atoms with Crippen LogP contribution >= 0.6 is 0 Å². The van der Waals surface area contributed by atoms with Crippen molar-refractivity contribution < 1.29 is 24.1 Å². The topological polar surface area (TPSA) is 100 Å². The van der Waals surface area contributed by atoms with Crippen molar-refractivity contribution in [2.45, 2.75) is 50.9 Å². The van der Waals surface area contributed by atoms with Gasteiger partial charge in [-0.15, -0.1) is 0 Å². The van der Waals surface area contributed by atoms with E-state index >= 15 is 0 Å². The van der Waals surface area contributed by atoms with Crippen LogP contribution in [0.5, 0.6) is 11.5 Å². The van der Waals surface area contributed by atoms with Gasteiger partial charge in [-0.3, -0.25) is 9.69 Å². The van der Waals surface area contributed by atoms with Crippen molar-refractivity contribution in [1.82, 2.24) is 19.8 Å². The molecule has 2 aliphatic heterocycles. The molecule has 1 fully saturated rings. The van der Waals surface area contributed by atoms with E-state index in [0.717, 1.165) is 43.5 Å². The molecule has 1 aromatic heterocycles. The molecule has 1 amide bonds. The lowest BCUT2D eigenvalue weighted by Crippen LogP contribution is -2.56. The second-order valence-corrected chi connectivity index (χ2v) is 12.8. The van der Waals surface area contributed by atoms with Crippen molar-refractivity contribution >= 4 is 11.7 Å². The molecule has 10 nitrogen and oxygen atoms in total. The van der Waals surface area contributed by atoms with Gasteiger partial charge in [0.05, 0.1) is 20.3 Å². The van der Waals surface area contributed by atoms with Crippen LogP contribution in [0.2, 0.25) is 0 Å². The van der Waals surface area contributed by atoms with Crippen LogP contribution in [-0.2, 0) is 24.2 Å². The van der Waals surface area contributed by atoms with Crippen molar-refractivity contribution in [1.29, 1.82) is 0 Å². The lowest BCUT2D eigenvalue weighted by Gasteiger charge is -2.43. The van der Waals surface area contributed by atoms with E-state index in [4.69, 9.17) is 24.2 Å². The number of hydrogen-bond donors (Lipinski definition) is 1. The van der Waals surface area contributed by atoms with Gasteiger partial charge in [0.2, 0.25) is 0 Å². The summed E-state index contributed by atoms with van der Waals surface area (Å²) in [6, 6.07) is 25.9. The number of piperidine rings is 1. The third-order valence-electron chi connectivity index (χ3n) is 9.63. The number of hydrogen-bond acceptors (Lipinski definition) is 9. The predicted octanol–water partition coefficient (Wildman–Crippen LogP) is 5.23. The Morgan fingerprint density at radius 2 is 1.71 bits per heavy atom. The maximum Gasteiger partial charge on any atom is 0.272 e. The Balaban J connectivity index is 1.27. The minimum atomic E-state index is -0.655. The summed E-state index contributed by atoms with van der Waals surface area (Å²) >= 11 is 0. The monoisotopic (exact) mass is 665 g/mol. The summed E-state index contributed by atoms with van der Waals surface area (Å²) < 4.78 is 16.5. The minimum absolute atomic E-state index is 0.000292. The van der Waals surface area contributed by atoms with E-state index in [2.05, 4.69) is 34.1 Å². The van der Waals surface area contributed by atoms with E-state index in [0.29, 0.717) is 61.5 Å². The van der Waals surface area contributed by atoms with Gasteiger partial charge in [0.1, 0.15) is 23.0 Å². The second-order valence-electron chi connectivity index (χ2n) is 12.8. The van der Waals surface area contributed by atoms with Gasteiger partial charge in [-0.1, -0.05) is 54.6 Å². The zero-order valence-corrected chi connectivity index (χ0v) is 28.8. The molecule has 6 rings (SSSR count). The van der Waals surface area contributed by atoms with Crippen LogP contribution in [0, 0.1) is 0 Å². The van der Waals surface area contributed by atoms with Crippen LogP contribution in [0.25, 0.3) is 11.4 Å². The molecule has 1 saturated heterocycles. The summed E-state index contributed by atoms with van der Waals surface area (Å²) in [5.74, 6) is 2.35. The molecule has 0 bridgehead atoms. The van der Waals surface area contributed by atoms with Gasteiger partial charge < -0.3 is 29.1 Å². The smallest absolute Gasteiger partial charge is 0.272 e. The number of aliphatic hydroxyl groups excluding tert-OH is 1. The van der Waals surface area contributed by atoms with Gasteiger partial charge in [-0.05, 0) is 48.9 Å². The fourth-order valence-electron chi connectivity index (χ4n) is 6.93. The third-order valence-corrected chi connectivity index (χ3v) is 9.63. The minimum Gasteiger partial charge on any atom is -0.497 e. The molecular formula is C39H47N5O5. The molecule has 49 heavy (non-hydrogen) atoms. The van der Waals surface area contributed by atoms with Crippen LogP contribution in [-0.4, -0.2) is 97.0 Å². The number of anilines is 1. The quantitative estimate of drug-likeness (QED) is 0.193. The van der Waals surface area contributed by atoms with E-state index in [-0.39, 0.29) is 18.5 Å². The first kappa shape index (κ1) is 34.4. The number of carbonyl (C=O) groups excluding carboxylic acids is 1. The number of ether oxygens (including phenoxy) is 3. The van der Waals surface area contributed by atoms with Gasteiger partial charge in [0.15, 0.2) is 5.82 Å². The van der Waals surface area contributed by atoms with Crippen LogP contribution < -0.4 is 14.4 Å². The Morgan fingerprint density at radius 3 is 2.47 bits per heavy atom. The van der Waals surface area contributed by atoms with Crippen LogP contribution in [0.1, 0.15) is 46.4 Å². The number of likely N-dealkylation sites (tertiary alicyclic amines) is 1. The lowest BCUT2D eigenvalue weighted by atomic mass is 9.94. The van der Waals surface area contributed by atoms with Crippen molar-refractivity contribution in [2.75, 3.05) is 59.0 Å². The number of amides is 1. The molecule has 2 aliphatic rings. The number of aromatic nitrogens is 2. The van der Waals surface area contributed by atoms with Crippen molar-refractivity contribution in [3.63, 3.8) is 0 Å². The second kappa shape index (κ2) is 16.3. The molecule has 0 saturated carbocycles. The van der Waals surface area contributed by atoms with E-state index in [9.17, 15) is 9.90 Å². The molecule has 258 valence electrons. The number of nitrogens with zero attached hydrogens (tertiary/aromatic N) is 5. The number of β-amino-alcohol motifs (C(OH)–C–C–N with tert-alkyl or cyclic N) is 1. The molecule has 4 aromatic rings. The highest BCUT2D eigenvalue weighted by Gasteiger charge is 2.36. The van der Waals surface area contributed by atoms with Gasteiger partial charge in [0, 0.05) is 82.3 Å². The number of methoxy groups -OCH3 is 3. The summed E-state index contributed by atoms with van der Waals surface area (Å²) in [6.07, 6.45) is 2.75. The first-order chi connectivity index (χ1) is 24.0. The van der Waals surface area contributed by atoms with Gasteiger partial charge in [0.25, 0.3) is 5.91 Å². The Bertz CT molecular complexity index is 1700. The summed E-state index contributed by atoms with van der Waals surface area (Å²) in [4.78, 5) is 30.3. The normalized spacial score (nSPS) is 17.8. The Hall–Kier alpha value is -4.51. The summed E-state index contributed by atoms with van der Waals surface area (Å²) in [6.45, 7) is 4.36. The van der Waals surface area contributed by atoms with Crippen molar-refractivity contribution in [2.24, 2.45) is 0 Å². The van der Waals surface area contributed by atoms with Gasteiger partial charge in [-0.2, -0.15) is 0 Å². The molecule has 0 spiro atoms. The molecule has 1 N–H and O–H groups in total. The maximum atomic E-state index is 14.2. The molecule has 2 unspecified atom stereocenters. The third kappa shape index (κ3) is 8.21. The Morgan fingerprint density at radius 1 is 0.918 bits per heavy atom. The molecule has 10 heteroatoms. The average molecular weight is 666 g/mol. The predicted molar refractivity (Wildman–Crippen MR) is 190 cm³/mol. The number of carbonyl (C=O) groups is 1. The molecule has 3 heterocycles. The van der Waals surface area contributed by atoms with Gasteiger partial charge in [-0.25, -0.2) is 9.97 Å². The zero-order chi connectivity index (χ0) is 34.2. The number of rotatable bonds is 13. The average Bonchev–Trinajstić information content (AvgIpc) is 3.15. The standard InChI is InChI=1S/C39H47N5O5/c1-47-22-10-9-19-43(26-31-15-16-32(48-2)23-36(31)49-3)37-24-33(40-38(41-37)29-12-5-4-6-13-29)39(46)44-21-18-34(35(45)27-44)42-20-17-28-11-7-8-14-30(28)25-42/h4-8,11-16,23-24,34-35,45H,9-10,17-22,25-27H2,1-3H3. The first-order valence-corrected chi connectivity index (χ1v) is 17.1. The van der Waals surface area contributed by atoms with Gasteiger partial charge >= 0.3 is 0 Å². The van der Waals surface area contributed by atoms with Crippen LogP contribution in [0.15, 0.2) is 78.9 Å². The van der Waals surface area contributed by atoms with Crippen molar-refractivity contribution in [3.05, 3.63) is 101 Å². The fourth-order valence-corrected chi connectivity index (χ4v) is 6.93. The fraction of sp³-hybridized carbons (Fsp3) is 0.410. The number of benzene rings is 3. The first-order valence-electron chi connectivity index (χ1n) is 17.1. The summed E-state index contributed by atoms with van der Waals surface area (Å²) in [5.41, 5.74) is 4.80. The van der Waals surface area contributed by atoms with E-state index in [1.807, 2.05) is 48.5 Å². The highest BCUT2D eigenvalue weighted by Crippen LogP contribution is 2.30. The summed E-state index contributed by atoms with van der Waals surface area (Å²) in [7, 11) is 4.99. The lowest BCUT2D eigenvalue weighted by molar-refractivity contribution is -0.0139. The van der Waals surface area contributed by atoms with Crippen molar-refractivity contribution in [3.8, 4) is 22.9 Å². The molecule has 2 atom stereocenters. The highest BCUT2D eigenvalue weighted by molar-refractivity contribution is 5.93. The van der Waals surface area contributed by atoms with E-state index in [1.165, 1.54) is 11.1 Å². The SMILES string of the molecule is COCCCCN(Cc1ccc(OC)cc1OC)c1cc(C(=O)N2CCC(N3CCc4ccccc4C3)C(O)C2)nc(-c2ccccc2)n1. The zero-order valence-electron chi connectivity index (χ0n) is 28.8. The largest absolute Gasteiger partial charge is 0.497 e. The number of fused-ring (bicyclic) bond motifs is 1. The van der Waals surface area contributed by atoms with Crippen LogP contribution in [0.4, 0.5) is 5.82 Å². The Labute approximate surface area is 289 Å². The maximum absolute atomic E-state index is 14.2. The summed E-state index contributed by atoms with van der Waals surface area (Å²) in [5, 5.41) is 11.4. The van der Waals surface area contributed by atoms with E-state index < -0.39 is 6.10 Å². The number of aliphatic hydroxyl groups is 1. The molecule has 0 radical (unpaired) electrons. The molecular weight excluding hydrogens is 618 g/mol. The Kier molecular flexibility index (Phi) is 11.4.